The SMILES string of the molecule is c1nnc2nncnc2n1. The highest BCUT2D eigenvalue weighted by Gasteiger charge is 1.94. The molecule has 2 aromatic rings. The molecule has 0 spiro atoms. The third-order valence-corrected chi connectivity index (χ3v) is 0.968. The van der Waals surface area contributed by atoms with Gasteiger partial charge in [0, 0.05) is 0 Å². The lowest BCUT2D eigenvalue weighted by atomic mass is 10.7. The maximum Gasteiger partial charge on any atom is 0.240 e. The van der Waals surface area contributed by atoms with Gasteiger partial charge in [0.2, 0.25) is 11.3 Å². The zero-order chi connectivity index (χ0) is 6.81. The van der Waals surface area contributed by atoms with Crippen molar-refractivity contribution in [3.63, 3.8) is 0 Å². The highest BCUT2D eigenvalue weighted by molar-refractivity contribution is 5.60. The molecule has 0 bridgehead atoms. The van der Waals surface area contributed by atoms with Crippen molar-refractivity contribution in [3.05, 3.63) is 12.7 Å². The number of hydrogen-bond acceptors (Lipinski definition) is 6. The van der Waals surface area contributed by atoms with Gasteiger partial charge in [0.05, 0.1) is 0 Å². The van der Waals surface area contributed by atoms with E-state index in [0.29, 0.717) is 11.3 Å². The second-order valence-electron chi connectivity index (χ2n) is 1.57. The number of rotatable bonds is 0. The third kappa shape index (κ3) is 0.661. The van der Waals surface area contributed by atoms with Crippen LogP contribution in [0.3, 0.4) is 0 Å². The van der Waals surface area contributed by atoms with Crippen LogP contribution in [-0.4, -0.2) is 30.4 Å². The summed E-state index contributed by atoms with van der Waals surface area (Å²) in [4.78, 5) is 7.59. The standard InChI is InChI=1S/C4H2N6/c1-5-3-4(9-7-1)10-8-2-6-3/h1-2H. The summed E-state index contributed by atoms with van der Waals surface area (Å²) in [5.74, 6) is 0. The first kappa shape index (κ1) is 5.10. The quantitative estimate of drug-likeness (QED) is 0.469. The lowest BCUT2D eigenvalue weighted by molar-refractivity contribution is 0.924. The molecule has 0 amide bonds. The minimum atomic E-state index is 0.366. The molecule has 0 radical (unpaired) electrons. The van der Waals surface area contributed by atoms with E-state index in [-0.39, 0.29) is 0 Å². The van der Waals surface area contributed by atoms with E-state index < -0.39 is 0 Å². The smallest absolute Gasteiger partial charge is 0.211 e. The van der Waals surface area contributed by atoms with Gasteiger partial charge in [0.1, 0.15) is 12.7 Å². The molecule has 2 rings (SSSR count). The van der Waals surface area contributed by atoms with Crippen molar-refractivity contribution in [1.29, 1.82) is 0 Å². The fourth-order valence-corrected chi connectivity index (χ4v) is 0.580. The van der Waals surface area contributed by atoms with Crippen molar-refractivity contribution in [1.82, 2.24) is 30.4 Å². The molecule has 2 heterocycles. The Balaban J connectivity index is 2.89. The Labute approximate surface area is 55.4 Å². The third-order valence-electron chi connectivity index (χ3n) is 0.968. The summed E-state index contributed by atoms with van der Waals surface area (Å²) in [6, 6.07) is 0. The molecule has 0 saturated carbocycles. The average molecular weight is 134 g/mol. The number of hydrogen-bond donors (Lipinski definition) is 0. The second kappa shape index (κ2) is 1.90. The van der Waals surface area contributed by atoms with Crippen molar-refractivity contribution >= 4 is 11.3 Å². The van der Waals surface area contributed by atoms with E-state index in [1.807, 2.05) is 0 Å². The van der Waals surface area contributed by atoms with Gasteiger partial charge in [-0.2, -0.15) is 0 Å². The van der Waals surface area contributed by atoms with E-state index in [1.165, 1.54) is 12.7 Å². The van der Waals surface area contributed by atoms with E-state index in [4.69, 9.17) is 0 Å². The van der Waals surface area contributed by atoms with E-state index in [9.17, 15) is 0 Å². The maximum atomic E-state index is 3.79. The predicted octanol–water partition coefficient (Wildman–Crippen LogP) is -0.790. The zero-order valence-electron chi connectivity index (χ0n) is 4.84. The first-order valence-electron chi connectivity index (χ1n) is 2.58. The summed E-state index contributed by atoms with van der Waals surface area (Å²) in [5, 5.41) is 14.3. The lowest BCUT2D eigenvalue weighted by Crippen LogP contribution is -1.93. The van der Waals surface area contributed by atoms with Crippen LogP contribution in [0.2, 0.25) is 0 Å². The van der Waals surface area contributed by atoms with E-state index in [0.717, 1.165) is 0 Å². The van der Waals surface area contributed by atoms with Gasteiger partial charge in [-0.15, -0.1) is 20.4 Å². The summed E-state index contributed by atoms with van der Waals surface area (Å²) in [5.41, 5.74) is 0.829. The van der Waals surface area contributed by atoms with Gasteiger partial charge in [-0.1, -0.05) is 0 Å². The maximum absolute atomic E-state index is 3.79. The van der Waals surface area contributed by atoms with Crippen LogP contribution < -0.4 is 0 Å². The first-order valence-corrected chi connectivity index (χ1v) is 2.58. The predicted molar refractivity (Wildman–Crippen MR) is 30.7 cm³/mol. The average Bonchev–Trinajstić information content (AvgIpc) is 2.05. The molecule has 0 aliphatic carbocycles. The Hall–Kier alpha value is -1.72. The monoisotopic (exact) mass is 134 g/mol. The van der Waals surface area contributed by atoms with Crippen molar-refractivity contribution in [2.75, 3.05) is 0 Å². The summed E-state index contributed by atoms with van der Waals surface area (Å²) in [6.07, 6.45) is 2.63. The van der Waals surface area contributed by atoms with Crippen LogP contribution in [0.4, 0.5) is 0 Å². The molecule has 0 aliphatic heterocycles. The Morgan fingerprint density at radius 2 is 1.40 bits per heavy atom. The summed E-state index contributed by atoms with van der Waals surface area (Å²) >= 11 is 0. The van der Waals surface area contributed by atoms with E-state index in [2.05, 4.69) is 30.4 Å². The molecule has 6 nitrogen and oxygen atoms in total. The van der Waals surface area contributed by atoms with Crippen LogP contribution in [0.25, 0.3) is 11.3 Å². The normalized spacial score (nSPS) is 10.0. The molecule has 0 saturated heterocycles. The molecular weight excluding hydrogens is 132 g/mol. The molecule has 0 N–H and O–H groups in total. The number of nitrogens with zero attached hydrogens (tertiary/aromatic N) is 6. The summed E-state index contributed by atoms with van der Waals surface area (Å²) in [6.45, 7) is 0. The molecule has 0 unspecified atom stereocenters. The van der Waals surface area contributed by atoms with Gasteiger partial charge in [0.15, 0.2) is 0 Å². The van der Waals surface area contributed by atoms with Crippen LogP contribution in [-0.2, 0) is 0 Å². The topological polar surface area (TPSA) is 77.3 Å². The first-order chi connectivity index (χ1) is 4.97. The molecular formula is C4H2N6. The van der Waals surface area contributed by atoms with Gasteiger partial charge < -0.3 is 0 Å². The van der Waals surface area contributed by atoms with Crippen molar-refractivity contribution < 1.29 is 0 Å². The van der Waals surface area contributed by atoms with Gasteiger partial charge in [0.25, 0.3) is 0 Å². The Bertz CT molecular complexity index is 281. The second-order valence-corrected chi connectivity index (χ2v) is 1.57. The van der Waals surface area contributed by atoms with Gasteiger partial charge in [-0.05, 0) is 0 Å². The van der Waals surface area contributed by atoms with E-state index >= 15 is 0 Å². The molecule has 10 heavy (non-hydrogen) atoms. The van der Waals surface area contributed by atoms with Gasteiger partial charge >= 0.3 is 0 Å². The van der Waals surface area contributed by atoms with Crippen LogP contribution in [0.15, 0.2) is 12.7 Å². The van der Waals surface area contributed by atoms with Gasteiger partial charge in [-0.25, -0.2) is 9.97 Å². The highest BCUT2D eigenvalue weighted by atomic mass is 15.2. The van der Waals surface area contributed by atoms with Crippen molar-refractivity contribution in [2.45, 2.75) is 0 Å². The van der Waals surface area contributed by atoms with Crippen LogP contribution >= 0.6 is 0 Å². The minimum Gasteiger partial charge on any atom is -0.211 e. The largest absolute Gasteiger partial charge is 0.240 e. The van der Waals surface area contributed by atoms with Crippen molar-refractivity contribution in [2.24, 2.45) is 0 Å². The molecule has 48 valence electrons. The highest BCUT2D eigenvalue weighted by Crippen LogP contribution is 1.92. The summed E-state index contributed by atoms with van der Waals surface area (Å²) < 4.78 is 0. The molecule has 0 atom stereocenters. The minimum absolute atomic E-state index is 0.366. The van der Waals surface area contributed by atoms with Crippen molar-refractivity contribution in [3.8, 4) is 0 Å². The fourth-order valence-electron chi connectivity index (χ4n) is 0.580. The Morgan fingerprint density at radius 3 is 1.90 bits per heavy atom. The molecule has 6 heteroatoms. The Kier molecular flexibility index (Phi) is 0.970. The van der Waals surface area contributed by atoms with Crippen LogP contribution in [0, 0.1) is 0 Å². The van der Waals surface area contributed by atoms with Gasteiger partial charge in [-0.3, -0.25) is 0 Å². The zero-order valence-corrected chi connectivity index (χ0v) is 4.84. The number of aromatic nitrogens is 6. The van der Waals surface area contributed by atoms with E-state index in [1.54, 1.807) is 0 Å². The molecule has 2 aromatic heterocycles. The molecule has 0 aliphatic rings. The molecule has 0 aromatic carbocycles. The molecule has 0 fully saturated rings. The number of fused-ring (bicyclic) bond motifs is 1. The van der Waals surface area contributed by atoms with Crippen LogP contribution in [0.1, 0.15) is 0 Å². The lowest BCUT2D eigenvalue weighted by Gasteiger charge is -1.86. The fraction of sp³-hybridized carbons (Fsp3) is 0. The van der Waals surface area contributed by atoms with Crippen LogP contribution in [0.5, 0.6) is 0 Å². The summed E-state index contributed by atoms with van der Waals surface area (Å²) in [7, 11) is 0. The Morgan fingerprint density at radius 1 is 0.800 bits per heavy atom.